The molecular formula is C21H20N2O6. The van der Waals surface area contributed by atoms with Crippen molar-refractivity contribution in [2.75, 3.05) is 11.5 Å². The minimum Gasteiger partial charge on any atom is -0.454 e. The normalized spacial score (nSPS) is 13.7. The van der Waals surface area contributed by atoms with Gasteiger partial charge in [0.2, 0.25) is 17.6 Å². The molecular weight excluding hydrogens is 376 g/mol. The lowest BCUT2D eigenvalue weighted by molar-refractivity contribution is -0.121. The number of imide groups is 1. The number of rotatable bonds is 6. The van der Waals surface area contributed by atoms with Crippen LogP contribution < -0.4 is 4.90 Å². The van der Waals surface area contributed by atoms with Gasteiger partial charge in [0.05, 0.1) is 16.9 Å². The van der Waals surface area contributed by atoms with Gasteiger partial charge >= 0.3 is 5.97 Å². The van der Waals surface area contributed by atoms with E-state index in [1.165, 1.54) is 31.2 Å². The second-order valence-corrected chi connectivity index (χ2v) is 6.85. The number of nitrogens with one attached hydrogen (secondary N) is 1. The van der Waals surface area contributed by atoms with Crippen molar-refractivity contribution in [1.82, 2.24) is 4.98 Å². The summed E-state index contributed by atoms with van der Waals surface area (Å²) >= 11 is 0. The molecule has 1 fully saturated rings. The zero-order valence-corrected chi connectivity index (χ0v) is 16.3. The predicted molar refractivity (Wildman–Crippen MR) is 103 cm³/mol. The lowest BCUT2D eigenvalue weighted by atomic mass is 10.1. The van der Waals surface area contributed by atoms with Crippen molar-refractivity contribution in [1.29, 1.82) is 0 Å². The number of ether oxygens (including phenoxy) is 1. The number of carbonyl (C=O) groups excluding carboxylic acids is 5. The number of Topliss-reactive ketones (excluding diaryl/α,β-unsaturated/α-hetero) is 2. The molecule has 0 aliphatic carbocycles. The molecule has 3 rings (SSSR count). The van der Waals surface area contributed by atoms with E-state index in [-0.39, 0.29) is 41.7 Å². The molecule has 0 bridgehead atoms. The minimum absolute atomic E-state index is 0.151. The number of benzene rings is 1. The molecule has 2 amide bonds. The summed E-state index contributed by atoms with van der Waals surface area (Å²) in [6.07, 6.45) is 0.349. The van der Waals surface area contributed by atoms with Crippen molar-refractivity contribution in [3.8, 4) is 0 Å². The predicted octanol–water partition coefficient (Wildman–Crippen LogP) is 2.53. The van der Waals surface area contributed by atoms with Crippen molar-refractivity contribution < 1.29 is 28.7 Å². The number of hydrogen-bond acceptors (Lipinski definition) is 6. The molecule has 8 heteroatoms. The van der Waals surface area contributed by atoms with Gasteiger partial charge in [-0.25, -0.2) is 4.79 Å². The van der Waals surface area contributed by atoms with Crippen molar-refractivity contribution in [2.45, 2.75) is 33.6 Å². The zero-order chi connectivity index (χ0) is 21.3. The molecule has 2 heterocycles. The number of ketones is 2. The van der Waals surface area contributed by atoms with E-state index >= 15 is 0 Å². The topological polar surface area (TPSA) is 114 Å². The fraction of sp³-hybridized carbons (Fsp3) is 0.286. The third-order valence-corrected chi connectivity index (χ3v) is 4.82. The van der Waals surface area contributed by atoms with Gasteiger partial charge in [0.25, 0.3) is 0 Å². The van der Waals surface area contributed by atoms with Gasteiger partial charge in [-0.2, -0.15) is 0 Å². The first kappa shape index (κ1) is 20.2. The highest BCUT2D eigenvalue weighted by molar-refractivity contribution is 6.19. The Morgan fingerprint density at radius 3 is 2.14 bits per heavy atom. The molecule has 1 aromatic heterocycles. The Morgan fingerprint density at radius 1 is 1.03 bits per heavy atom. The monoisotopic (exact) mass is 396 g/mol. The van der Waals surface area contributed by atoms with E-state index in [4.69, 9.17) is 4.74 Å². The van der Waals surface area contributed by atoms with Crippen molar-refractivity contribution in [2.24, 2.45) is 0 Å². The summed E-state index contributed by atoms with van der Waals surface area (Å²) in [5, 5.41) is 0. The molecule has 0 atom stereocenters. The molecule has 2 aromatic rings. The second kappa shape index (κ2) is 7.83. The molecule has 0 unspecified atom stereocenters. The first-order valence-electron chi connectivity index (χ1n) is 9.07. The van der Waals surface area contributed by atoms with Crippen LogP contribution >= 0.6 is 0 Å². The molecule has 0 spiro atoms. The molecule has 0 saturated carbocycles. The van der Waals surface area contributed by atoms with Crippen LogP contribution in [-0.2, 0) is 14.3 Å². The Bertz CT molecular complexity index is 1020. The number of hydrogen-bond donors (Lipinski definition) is 1. The Balaban J connectivity index is 1.66. The maximum Gasteiger partial charge on any atom is 0.338 e. The second-order valence-electron chi connectivity index (χ2n) is 6.85. The van der Waals surface area contributed by atoms with Crippen LogP contribution in [0.5, 0.6) is 0 Å². The van der Waals surface area contributed by atoms with Crippen molar-refractivity contribution in [3.63, 3.8) is 0 Å². The van der Waals surface area contributed by atoms with E-state index in [2.05, 4.69) is 4.98 Å². The van der Waals surface area contributed by atoms with Gasteiger partial charge in [-0.15, -0.1) is 0 Å². The van der Waals surface area contributed by atoms with E-state index in [0.717, 1.165) is 4.90 Å². The lowest BCUT2D eigenvalue weighted by Gasteiger charge is -2.14. The van der Waals surface area contributed by atoms with Crippen LogP contribution in [0.15, 0.2) is 24.3 Å². The van der Waals surface area contributed by atoms with Gasteiger partial charge in [-0.3, -0.25) is 24.1 Å². The van der Waals surface area contributed by atoms with Crippen LogP contribution in [0.4, 0.5) is 5.69 Å². The quantitative estimate of drug-likeness (QED) is 0.456. The third-order valence-electron chi connectivity index (χ3n) is 4.82. The van der Waals surface area contributed by atoms with E-state index in [1.807, 2.05) is 0 Å². The number of aryl methyl sites for hydroxylation is 1. The first-order chi connectivity index (χ1) is 13.7. The van der Waals surface area contributed by atoms with E-state index < -0.39 is 18.4 Å². The number of esters is 1. The van der Waals surface area contributed by atoms with Crippen LogP contribution in [0, 0.1) is 13.8 Å². The average molecular weight is 396 g/mol. The van der Waals surface area contributed by atoms with Crippen molar-refractivity contribution >= 4 is 35.0 Å². The molecule has 1 saturated heterocycles. The van der Waals surface area contributed by atoms with Crippen LogP contribution in [0.25, 0.3) is 0 Å². The van der Waals surface area contributed by atoms with E-state index in [1.54, 1.807) is 13.8 Å². The number of aromatic amines is 1. The molecule has 1 aliphatic heterocycles. The van der Waals surface area contributed by atoms with Crippen LogP contribution in [-0.4, -0.2) is 40.9 Å². The van der Waals surface area contributed by atoms with Gasteiger partial charge < -0.3 is 9.72 Å². The van der Waals surface area contributed by atoms with Gasteiger partial charge in [0.1, 0.15) is 0 Å². The minimum atomic E-state index is -0.711. The highest BCUT2D eigenvalue weighted by Gasteiger charge is 2.30. The number of aromatic nitrogens is 1. The summed E-state index contributed by atoms with van der Waals surface area (Å²) in [6.45, 7) is 4.30. The summed E-state index contributed by atoms with van der Waals surface area (Å²) in [6, 6.07) is 5.83. The Hall–Kier alpha value is -3.55. The maximum atomic E-state index is 12.4. The van der Waals surface area contributed by atoms with Gasteiger partial charge in [-0.1, -0.05) is 0 Å². The fourth-order valence-electron chi connectivity index (χ4n) is 3.45. The van der Waals surface area contributed by atoms with Crippen molar-refractivity contribution in [3.05, 3.63) is 52.3 Å². The highest BCUT2D eigenvalue weighted by atomic mass is 16.5. The Kier molecular flexibility index (Phi) is 5.45. The standard InChI is InChI=1S/C21H20N2O6/c1-11-19(13(3)24)12(2)22-20(11)16(25)10-29-21(28)14-4-6-15(7-5-14)23-17(26)8-9-18(23)27/h4-7,22H,8-10H2,1-3H3. The number of H-pyrrole nitrogens is 1. The van der Waals surface area contributed by atoms with Gasteiger partial charge in [-0.05, 0) is 50.6 Å². The highest BCUT2D eigenvalue weighted by Crippen LogP contribution is 2.23. The maximum absolute atomic E-state index is 12.4. The molecule has 150 valence electrons. The molecule has 8 nitrogen and oxygen atoms in total. The number of carbonyl (C=O) groups is 5. The van der Waals surface area contributed by atoms with E-state index in [0.29, 0.717) is 22.5 Å². The van der Waals surface area contributed by atoms with Crippen LogP contribution in [0.2, 0.25) is 0 Å². The largest absolute Gasteiger partial charge is 0.454 e. The Labute approximate surface area is 166 Å². The lowest BCUT2D eigenvalue weighted by Crippen LogP contribution is -2.28. The fourth-order valence-corrected chi connectivity index (χ4v) is 3.45. The average Bonchev–Trinajstić information content (AvgIpc) is 3.17. The molecule has 0 radical (unpaired) electrons. The first-order valence-corrected chi connectivity index (χ1v) is 9.07. The smallest absolute Gasteiger partial charge is 0.338 e. The summed E-state index contributed by atoms with van der Waals surface area (Å²) in [5.41, 5.74) is 2.39. The molecule has 1 aliphatic rings. The third kappa shape index (κ3) is 3.87. The van der Waals surface area contributed by atoms with E-state index in [9.17, 15) is 24.0 Å². The number of anilines is 1. The SMILES string of the molecule is CC(=O)c1c(C)[nH]c(C(=O)COC(=O)c2ccc(N3C(=O)CCC3=O)cc2)c1C. The van der Waals surface area contributed by atoms with Gasteiger partial charge in [0.15, 0.2) is 12.4 Å². The summed E-state index contributed by atoms with van der Waals surface area (Å²) < 4.78 is 5.08. The van der Waals surface area contributed by atoms with Crippen LogP contribution in [0.3, 0.4) is 0 Å². The zero-order valence-electron chi connectivity index (χ0n) is 16.3. The summed E-state index contributed by atoms with van der Waals surface area (Å²) in [7, 11) is 0. The van der Waals surface area contributed by atoms with Crippen LogP contribution in [0.1, 0.15) is 62.2 Å². The van der Waals surface area contributed by atoms with Gasteiger partial charge in [0, 0.05) is 24.1 Å². The summed E-state index contributed by atoms with van der Waals surface area (Å²) in [4.78, 5) is 63.8. The molecule has 1 aromatic carbocycles. The number of amides is 2. The molecule has 1 N–H and O–H groups in total. The Morgan fingerprint density at radius 2 is 1.62 bits per heavy atom. The molecule has 29 heavy (non-hydrogen) atoms. The number of nitrogens with zero attached hydrogens (tertiary/aromatic N) is 1. The summed E-state index contributed by atoms with van der Waals surface area (Å²) in [5.74, 6) is -1.87.